The number of aryl methyl sites for hydroxylation is 1. The van der Waals surface area contributed by atoms with Gasteiger partial charge < -0.3 is 14.3 Å². The number of allylic oxidation sites excluding steroid dienone is 1. The zero-order chi connectivity index (χ0) is 25.2. The Morgan fingerprint density at radius 2 is 1.79 bits per heavy atom. The van der Waals surface area contributed by atoms with Crippen molar-refractivity contribution in [1.29, 1.82) is 0 Å². The minimum absolute atomic E-state index is 0.112. The molecule has 1 aromatic rings. The van der Waals surface area contributed by atoms with Gasteiger partial charge in [-0.1, -0.05) is 89.5 Å². The Morgan fingerprint density at radius 3 is 2.47 bits per heavy atom. The van der Waals surface area contributed by atoms with Crippen LogP contribution < -0.4 is 0 Å². The van der Waals surface area contributed by atoms with Crippen LogP contribution in [0.1, 0.15) is 89.7 Å². The van der Waals surface area contributed by atoms with Crippen molar-refractivity contribution in [3.05, 3.63) is 59.7 Å². The molecule has 1 N–H and O–H groups in total. The third kappa shape index (κ3) is 7.91. The van der Waals surface area contributed by atoms with E-state index in [1.54, 1.807) is 7.11 Å². The van der Waals surface area contributed by atoms with E-state index in [1.165, 1.54) is 36.8 Å². The molecule has 0 spiro atoms. The maximum absolute atomic E-state index is 12.0. The van der Waals surface area contributed by atoms with Crippen LogP contribution >= 0.6 is 0 Å². The monoisotopic (exact) mass is 486 g/mol. The first-order valence-corrected chi connectivity index (χ1v) is 16.3. The molecule has 0 amide bonds. The molecule has 0 fully saturated rings. The summed E-state index contributed by atoms with van der Waals surface area (Å²) in [5.41, 5.74) is 1.50. The maximum atomic E-state index is 12.0. The second kappa shape index (κ2) is 13.2. The molecule has 0 saturated heterocycles. The van der Waals surface area contributed by atoms with Crippen molar-refractivity contribution < 1.29 is 14.3 Å². The molecule has 0 radical (unpaired) electrons. The molecule has 0 heterocycles. The first-order valence-electron chi connectivity index (χ1n) is 13.4. The number of rotatable bonds is 14. The molecule has 1 aliphatic carbocycles. The lowest BCUT2D eigenvalue weighted by Crippen LogP contribution is -2.46. The predicted octanol–water partition coefficient (Wildman–Crippen LogP) is 7.96. The van der Waals surface area contributed by atoms with E-state index in [0.717, 1.165) is 32.3 Å². The number of methoxy groups -OCH3 is 1. The van der Waals surface area contributed by atoms with Crippen LogP contribution in [0.15, 0.2) is 48.6 Å². The van der Waals surface area contributed by atoms with Gasteiger partial charge in [0.15, 0.2) is 8.32 Å². The zero-order valence-corrected chi connectivity index (χ0v) is 23.9. The molecule has 0 aromatic heterocycles. The van der Waals surface area contributed by atoms with Crippen molar-refractivity contribution in [3.63, 3.8) is 0 Å². The number of hydrogen-bond acceptors (Lipinski definition) is 3. The van der Waals surface area contributed by atoms with Gasteiger partial charge in [0, 0.05) is 19.6 Å². The van der Waals surface area contributed by atoms with E-state index in [1.807, 2.05) is 12.2 Å². The molecule has 1 aliphatic rings. The summed E-state index contributed by atoms with van der Waals surface area (Å²) in [6.45, 7) is 14.5. The summed E-state index contributed by atoms with van der Waals surface area (Å²) in [4.78, 5) is 0. The average molecular weight is 487 g/mol. The second-order valence-electron chi connectivity index (χ2n) is 11.5. The highest BCUT2D eigenvalue weighted by Gasteiger charge is 2.48. The highest BCUT2D eigenvalue weighted by molar-refractivity contribution is 6.74. The fourth-order valence-electron chi connectivity index (χ4n) is 4.52. The molecule has 1 aromatic carbocycles. The lowest BCUT2D eigenvalue weighted by atomic mass is 9.80. The van der Waals surface area contributed by atoms with Gasteiger partial charge in [0.25, 0.3) is 0 Å². The van der Waals surface area contributed by atoms with Crippen molar-refractivity contribution in [2.45, 2.75) is 115 Å². The van der Waals surface area contributed by atoms with Crippen LogP contribution in [-0.4, -0.2) is 38.8 Å². The lowest BCUT2D eigenvalue weighted by molar-refractivity contribution is 0.0729. The Balaban J connectivity index is 2.34. The Labute approximate surface area is 210 Å². The number of aliphatic hydroxyl groups is 1. The SMILES string of the molecule is CCCCCC/C=C/[C@@]1(O)C=C[C@@H](O[Si](C)(C)C(C)(C)C)[C@@H]1c1ccccc1CCCCOC. The van der Waals surface area contributed by atoms with Crippen molar-refractivity contribution in [2.75, 3.05) is 13.7 Å². The summed E-state index contributed by atoms with van der Waals surface area (Å²) in [6.07, 6.45) is 17.3. The molecular formula is C30H50O3Si. The van der Waals surface area contributed by atoms with Crippen LogP contribution in [0.3, 0.4) is 0 Å². The highest BCUT2D eigenvalue weighted by Crippen LogP contribution is 2.46. The molecule has 4 heteroatoms. The minimum Gasteiger partial charge on any atom is -0.410 e. The van der Waals surface area contributed by atoms with E-state index in [4.69, 9.17) is 9.16 Å². The van der Waals surface area contributed by atoms with E-state index in [-0.39, 0.29) is 17.1 Å². The molecule has 0 saturated carbocycles. The Bertz CT molecular complexity index is 792. The van der Waals surface area contributed by atoms with Crippen molar-refractivity contribution >= 4 is 8.32 Å². The normalized spacial score (nSPS) is 23.3. The second-order valence-corrected chi connectivity index (χ2v) is 16.2. The van der Waals surface area contributed by atoms with Gasteiger partial charge in [-0.05, 0) is 67.4 Å². The minimum atomic E-state index is -2.02. The third-order valence-corrected chi connectivity index (χ3v) is 12.1. The van der Waals surface area contributed by atoms with Crippen LogP contribution in [0.25, 0.3) is 0 Å². The largest absolute Gasteiger partial charge is 0.410 e. The Kier molecular flexibility index (Phi) is 11.3. The van der Waals surface area contributed by atoms with Gasteiger partial charge in [-0.2, -0.15) is 0 Å². The zero-order valence-electron chi connectivity index (χ0n) is 22.9. The van der Waals surface area contributed by atoms with E-state index >= 15 is 0 Å². The van der Waals surface area contributed by atoms with E-state index in [9.17, 15) is 5.11 Å². The van der Waals surface area contributed by atoms with Crippen LogP contribution in [-0.2, 0) is 15.6 Å². The summed E-state index contributed by atoms with van der Waals surface area (Å²) >= 11 is 0. The first-order chi connectivity index (χ1) is 16.1. The number of ether oxygens (including phenoxy) is 1. The van der Waals surface area contributed by atoms with Crippen LogP contribution in [0.4, 0.5) is 0 Å². The summed E-state index contributed by atoms with van der Waals surface area (Å²) in [5.74, 6) is -0.132. The average Bonchev–Trinajstić information content (AvgIpc) is 3.08. The predicted molar refractivity (Wildman–Crippen MR) is 148 cm³/mol. The standard InChI is InChI=1S/C30H50O3Si/c1-8-9-10-11-12-16-22-30(31)23-21-27(33-34(6,7)29(2,3)4)28(30)26-20-14-13-18-25(26)19-15-17-24-32-5/h13-14,16,18,20-23,27-28,31H,8-12,15,17,19,24H2,1-7H3/b22-16+/t27-,28+,30-/m1/s1. The molecule has 0 unspecified atom stereocenters. The summed E-state index contributed by atoms with van der Waals surface area (Å²) in [5, 5.41) is 12.1. The topological polar surface area (TPSA) is 38.7 Å². The summed E-state index contributed by atoms with van der Waals surface area (Å²) in [6, 6.07) is 8.64. The molecule has 34 heavy (non-hydrogen) atoms. The summed E-state index contributed by atoms with van der Waals surface area (Å²) < 4.78 is 12.2. The van der Waals surface area contributed by atoms with Gasteiger partial charge >= 0.3 is 0 Å². The summed E-state index contributed by atoms with van der Waals surface area (Å²) in [7, 11) is -0.257. The van der Waals surface area contributed by atoms with E-state index < -0.39 is 13.9 Å². The first kappa shape index (κ1) is 29.0. The van der Waals surface area contributed by atoms with Gasteiger partial charge in [0.2, 0.25) is 0 Å². The Hall–Kier alpha value is -1.20. The maximum Gasteiger partial charge on any atom is 0.192 e. The van der Waals surface area contributed by atoms with Gasteiger partial charge in [-0.25, -0.2) is 0 Å². The van der Waals surface area contributed by atoms with E-state index in [0.29, 0.717) is 0 Å². The molecule has 2 rings (SSSR count). The number of benzene rings is 1. The quantitative estimate of drug-likeness (QED) is 0.165. The van der Waals surface area contributed by atoms with Crippen LogP contribution in [0.2, 0.25) is 18.1 Å². The van der Waals surface area contributed by atoms with Crippen LogP contribution in [0, 0.1) is 0 Å². The molecule has 0 bridgehead atoms. The molecule has 0 aliphatic heterocycles. The lowest BCUT2D eigenvalue weighted by Gasteiger charge is -2.41. The number of hydrogen-bond donors (Lipinski definition) is 1. The van der Waals surface area contributed by atoms with E-state index in [2.05, 4.69) is 77.2 Å². The van der Waals surface area contributed by atoms with Crippen molar-refractivity contribution in [3.8, 4) is 0 Å². The van der Waals surface area contributed by atoms with Gasteiger partial charge in [0.1, 0.15) is 5.60 Å². The van der Waals surface area contributed by atoms with Gasteiger partial charge in [-0.3, -0.25) is 0 Å². The third-order valence-electron chi connectivity index (χ3n) is 7.66. The molecule has 3 nitrogen and oxygen atoms in total. The molecule has 3 atom stereocenters. The van der Waals surface area contributed by atoms with Crippen molar-refractivity contribution in [1.82, 2.24) is 0 Å². The van der Waals surface area contributed by atoms with Gasteiger partial charge in [-0.15, -0.1) is 0 Å². The Morgan fingerprint density at radius 1 is 1.06 bits per heavy atom. The molecule has 192 valence electrons. The molecular weight excluding hydrogens is 436 g/mol. The fourth-order valence-corrected chi connectivity index (χ4v) is 5.77. The number of unbranched alkanes of at least 4 members (excludes halogenated alkanes) is 5. The van der Waals surface area contributed by atoms with Gasteiger partial charge in [0.05, 0.1) is 6.10 Å². The fraction of sp³-hybridized carbons (Fsp3) is 0.667. The smallest absolute Gasteiger partial charge is 0.192 e. The van der Waals surface area contributed by atoms with Crippen molar-refractivity contribution in [2.24, 2.45) is 0 Å². The highest BCUT2D eigenvalue weighted by atomic mass is 28.4. The van der Waals surface area contributed by atoms with Crippen LogP contribution in [0.5, 0.6) is 0 Å².